The largest absolute Gasteiger partial charge is 0.341 e. The molecule has 0 aliphatic heterocycles. The highest BCUT2D eigenvalue weighted by atomic mass is 16.2. The molecule has 1 amide bonds. The Morgan fingerprint density at radius 2 is 1.89 bits per heavy atom. The molecule has 0 aliphatic rings. The first-order valence-corrected chi connectivity index (χ1v) is 7.12. The standard InChI is InChI=1S/C16H26N2O/c1-4-18(12-13(2)3)16(19)15(17)11-10-14-8-6-5-7-9-14/h5-9,13,15H,4,10-12,17H2,1-3H3. The van der Waals surface area contributed by atoms with Gasteiger partial charge in [0.25, 0.3) is 0 Å². The zero-order valence-electron chi connectivity index (χ0n) is 12.3. The van der Waals surface area contributed by atoms with Crippen LogP contribution in [0.4, 0.5) is 0 Å². The number of benzene rings is 1. The van der Waals surface area contributed by atoms with E-state index in [1.54, 1.807) is 0 Å². The summed E-state index contributed by atoms with van der Waals surface area (Å²) in [6, 6.07) is 9.78. The number of likely N-dealkylation sites (N-methyl/N-ethyl adjacent to an activating group) is 1. The Kier molecular flexibility index (Phi) is 6.57. The summed E-state index contributed by atoms with van der Waals surface area (Å²) in [4.78, 5) is 14.1. The number of rotatable bonds is 7. The number of carbonyl (C=O) groups is 1. The van der Waals surface area contributed by atoms with Gasteiger partial charge in [-0.2, -0.15) is 0 Å². The van der Waals surface area contributed by atoms with Crippen molar-refractivity contribution >= 4 is 5.91 Å². The normalized spacial score (nSPS) is 12.5. The Hall–Kier alpha value is -1.35. The molecule has 1 unspecified atom stereocenters. The van der Waals surface area contributed by atoms with Gasteiger partial charge in [0, 0.05) is 13.1 Å². The Balaban J connectivity index is 2.47. The number of aryl methyl sites for hydroxylation is 1. The van der Waals surface area contributed by atoms with Crippen molar-refractivity contribution in [1.29, 1.82) is 0 Å². The fourth-order valence-corrected chi connectivity index (χ4v) is 2.14. The van der Waals surface area contributed by atoms with E-state index in [0.29, 0.717) is 12.3 Å². The van der Waals surface area contributed by atoms with Crippen molar-refractivity contribution in [3.8, 4) is 0 Å². The number of hydrogen-bond donors (Lipinski definition) is 1. The second-order valence-corrected chi connectivity index (χ2v) is 5.40. The van der Waals surface area contributed by atoms with Gasteiger partial charge in [0.2, 0.25) is 5.91 Å². The average Bonchev–Trinajstić information content (AvgIpc) is 2.42. The fraction of sp³-hybridized carbons (Fsp3) is 0.562. The third-order valence-corrected chi connectivity index (χ3v) is 3.18. The lowest BCUT2D eigenvalue weighted by atomic mass is 10.0. The summed E-state index contributed by atoms with van der Waals surface area (Å²) in [6.07, 6.45) is 1.56. The first-order valence-electron chi connectivity index (χ1n) is 7.12. The molecular formula is C16H26N2O. The van der Waals surface area contributed by atoms with Gasteiger partial charge in [0.1, 0.15) is 0 Å². The van der Waals surface area contributed by atoms with Crippen molar-refractivity contribution in [3.05, 3.63) is 35.9 Å². The average molecular weight is 262 g/mol. The maximum Gasteiger partial charge on any atom is 0.239 e. The molecule has 0 aromatic heterocycles. The summed E-state index contributed by atoms with van der Waals surface area (Å²) < 4.78 is 0. The third-order valence-electron chi connectivity index (χ3n) is 3.18. The molecule has 0 aliphatic carbocycles. The first-order chi connectivity index (χ1) is 9.04. The van der Waals surface area contributed by atoms with E-state index in [-0.39, 0.29) is 11.9 Å². The lowest BCUT2D eigenvalue weighted by Gasteiger charge is -2.26. The summed E-state index contributed by atoms with van der Waals surface area (Å²) in [5.41, 5.74) is 7.26. The van der Waals surface area contributed by atoms with Crippen molar-refractivity contribution in [3.63, 3.8) is 0 Å². The summed E-state index contributed by atoms with van der Waals surface area (Å²) in [5, 5.41) is 0. The van der Waals surface area contributed by atoms with Crippen LogP contribution in [0.15, 0.2) is 30.3 Å². The molecule has 1 rings (SSSR count). The van der Waals surface area contributed by atoms with Crippen molar-refractivity contribution < 1.29 is 4.79 Å². The maximum atomic E-state index is 12.2. The van der Waals surface area contributed by atoms with Gasteiger partial charge in [-0.1, -0.05) is 44.2 Å². The second kappa shape index (κ2) is 7.95. The fourth-order valence-electron chi connectivity index (χ4n) is 2.14. The zero-order chi connectivity index (χ0) is 14.3. The predicted octanol–water partition coefficient (Wildman–Crippen LogP) is 2.45. The van der Waals surface area contributed by atoms with E-state index in [0.717, 1.165) is 19.5 Å². The Bertz CT molecular complexity index is 376. The number of carbonyl (C=O) groups excluding carboxylic acids is 1. The Labute approximate surface area is 116 Å². The zero-order valence-corrected chi connectivity index (χ0v) is 12.3. The monoisotopic (exact) mass is 262 g/mol. The van der Waals surface area contributed by atoms with E-state index in [1.165, 1.54) is 5.56 Å². The van der Waals surface area contributed by atoms with Crippen LogP contribution in [0.5, 0.6) is 0 Å². The molecule has 1 aromatic carbocycles. The van der Waals surface area contributed by atoms with E-state index in [1.807, 2.05) is 30.0 Å². The minimum atomic E-state index is -0.390. The van der Waals surface area contributed by atoms with Crippen molar-refractivity contribution in [1.82, 2.24) is 4.90 Å². The van der Waals surface area contributed by atoms with Crippen LogP contribution >= 0.6 is 0 Å². The van der Waals surface area contributed by atoms with Gasteiger partial charge in [-0.15, -0.1) is 0 Å². The number of amides is 1. The predicted molar refractivity (Wildman–Crippen MR) is 79.8 cm³/mol. The first kappa shape index (κ1) is 15.7. The van der Waals surface area contributed by atoms with Gasteiger partial charge >= 0.3 is 0 Å². The van der Waals surface area contributed by atoms with Crippen LogP contribution in [0.1, 0.15) is 32.8 Å². The molecule has 2 N–H and O–H groups in total. The van der Waals surface area contributed by atoms with Crippen molar-refractivity contribution in [2.75, 3.05) is 13.1 Å². The quantitative estimate of drug-likeness (QED) is 0.820. The molecule has 0 saturated heterocycles. The van der Waals surface area contributed by atoms with Crippen molar-refractivity contribution in [2.45, 2.75) is 39.7 Å². The molecule has 106 valence electrons. The lowest BCUT2D eigenvalue weighted by molar-refractivity contribution is -0.133. The van der Waals surface area contributed by atoms with Gasteiger partial charge in [0.15, 0.2) is 0 Å². The highest BCUT2D eigenvalue weighted by molar-refractivity contribution is 5.81. The number of nitrogens with zero attached hydrogens (tertiary/aromatic N) is 1. The second-order valence-electron chi connectivity index (χ2n) is 5.40. The van der Waals surface area contributed by atoms with E-state index < -0.39 is 0 Å². The van der Waals surface area contributed by atoms with Gasteiger partial charge in [-0.25, -0.2) is 0 Å². The minimum absolute atomic E-state index is 0.0760. The van der Waals surface area contributed by atoms with Crippen LogP contribution in [0, 0.1) is 5.92 Å². The minimum Gasteiger partial charge on any atom is -0.341 e. The Morgan fingerprint density at radius 3 is 2.42 bits per heavy atom. The van der Waals surface area contributed by atoms with E-state index in [4.69, 9.17) is 5.73 Å². The molecular weight excluding hydrogens is 236 g/mol. The molecule has 3 nitrogen and oxygen atoms in total. The summed E-state index contributed by atoms with van der Waals surface area (Å²) in [6.45, 7) is 7.76. The highest BCUT2D eigenvalue weighted by Gasteiger charge is 2.20. The number of nitrogens with two attached hydrogens (primary N) is 1. The summed E-state index contributed by atoms with van der Waals surface area (Å²) in [7, 11) is 0. The summed E-state index contributed by atoms with van der Waals surface area (Å²) in [5.74, 6) is 0.553. The third kappa shape index (κ3) is 5.43. The lowest BCUT2D eigenvalue weighted by Crippen LogP contribution is -2.45. The van der Waals surface area contributed by atoms with Crippen LogP contribution in [0.3, 0.4) is 0 Å². The molecule has 3 heteroatoms. The van der Waals surface area contributed by atoms with Gasteiger partial charge < -0.3 is 10.6 Å². The molecule has 0 saturated carbocycles. The van der Waals surface area contributed by atoms with Gasteiger partial charge in [-0.3, -0.25) is 4.79 Å². The summed E-state index contributed by atoms with van der Waals surface area (Å²) >= 11 is 0. The van der Waals surface area contributed by atoms with E-state index >= 15 is 0 Å². The van der Waals surface area contributed by atoms with Gasteiger partial charge in [-0.05, 0) is 31.2 Å². The smallest absolute Gasteiger partial charge is 0.239 e. The molecule has 0 bridgehead atoms. The molecule has 19 heavy (non-hydrogen) atoms. The molecule has 0 fully saturated rings. The SMILES string of the molecule is CCN(CC(C)C)C(=O)C(N)CCc1ccccc1. The van der Waals surface area contributed by atoms with Crippen LogP contribution in [0.2, 0.25) is 0 Å². The topological polar surface area (TPSA) is 46.3 Å². The maximum absolute atomic E-state index is 12.2. The highest BCUT2D eigenvalue weighted by Crippen LogP contribution is 2.07. The molecule has 0 radical (unpaired) electrons. The molecule has 0 spiro atoms. The Morgan fingerprint density at radius 1 is 1.26 bits per heavy atom. The van der Waals surface area contributed by atoms with Crippen molar-refractivity contribution in [2.24, 2.45) is 11.7 Å². The molecule has 1 atom stereocenters. The van der Waals surface area contributed by atoms with Crippen LogP contribution in [0.25, 0.3) is 0 Å². The van der Waals surface area contributed by atoms with Crippen LogP contribution < -0.4 is 5.73 Å². The molecule has 1 aromatic rings. The van der Waals surface area contributed by atoms with Crippen LogP contribution in [-0.4, -0.2) is 29.9 Å². The molecule has 0 heterocycles. The van der Waals surface area contributed by atoms with E-state index in [9.17, 15) is 4.79 Å². The van der Waals surface area contributed by atoms with Gasteiger partial charge in [0.05, 0.1) is 6.04 Å². The van der Waals surface area contributed by atoms with E-state index in [2.05, 4.69) is 26.0 Å². The van der Waals surface area contributed by atoms with Crippen LogP contribution in [-0.2, 0) is 11.2 Å². The number of hydrogen-bond acceptors (Lipinski definition) is 2.